The molecule has 2 heterocycles. The van der Waals surface area contributed by atoms with Crippen LogP contribution >= 0.6 is 0 Å². The van der Waals surface area contributed by atoms with Crippen LogP contribution in [0.4, 0.5) is 24.5 Å². The first-order valence-electron chi connectivity index (χ1n) is 7.30. The van der Waals surface area contributed by atoms with Crippen molar-refractivity contribution in [3.8, 4) is 5.75 Å². The highest BCUT2D eigenvalue weighted by molar-refractivity contribution is 5.73. The molecule has 0 bridgehead atoms. The lowest BCUT2D eigenvalue weighted by atomic mass is 10.1. The molecule has 2 aromatic rings. The van der Waals surface area contributed by atoms with E-state index in [1.54, 1.807) is 24.3 Å². The smallest absolute Gasteiger partial charge is 0.405 e. The zero-order chi connectivity index (χ0) is 17.3. The largest absolute Gasteiger partial charge is 0.502 e. The van der Waals surface area contributed by atoms with E-state index in [9.17, 15) is 23.1 Å². The number of hydrogen-bond acceptors (Lipinski definition) is 5. The lowest BCUT2D eigenvalue weighted by molar-refractivity contribution is -0.119. The molecule has 0 atom stereocenters. The normalized spacial score (nSPS) is 14.6. The minimum atomic E-state index is -4.28. The number of anilines is 2. The highest BCUT2D eigenvalue weighted by Crippen LogP contribution is 2.35. The van der Waals surface area contributed by atoms with E-state index in [1.165, 1.54) is 11.0 Å². The molecule has 3 rings (SSSR count). The zero-order valence-electron chi connectivity index (χ0n) is 12.6. The van der Waals surface area contributed by atoms with Crippen molar-refractivity contribution in [3.05, 3.63) is 52.6 Å². The van der Waals surface area contributed by atoms with Crippen LogP contribution in [0.1, 0.15) is 5.76 Å². The summed E-state index contributed by atoms with van der Waals surface area (Å²) < 4.78 is 43.4. The van der Waals surface area contributed by atoms with E-state index in [-0.39, 0.29) is 13.1 Å². The lowest BCUT2D eigenvalue weighted by Crippen LogP contribution is -2.44. The van der Waals surface area contributed by atoms with Crippen LogP contribution in [-0.2, 0) is 6.54 Å². The van der Waals surface area contributed by atoms with Gasteiger partial charge in [-0.2, -0.15) is 13.2 Å². The lowest BCUT2D eigenvalue weighted by Gasteiger charge is -2.38. The first kappa shape index (κ1) is 16.2. The first-order valence-corrected chi connectivity index (χ1v) is 7.30. The highest BCUT2D eigenvalue weighted by atomic mass is 19.4. The third kappa shape index (κ3) is 3.47. The molecule has 0 radical (unpaired) electrons. The second-order valence-corrected chi connectivity index (χ2v) is 5.54. The first-order chi connectivity index (χ1) is 11.3. The van der Waals surface area contributed by atoms with E-state index >= 15 is 0 Å². The molecule has 1 aromatic carbocycles. The number of hydrogen-bond donors (Lipinski definition) is 1. The van der Waals surface area contributed by atoms with Crippen LogP contribution in [0.2, 0.25) is 0 Å². The molecule has 128 valence electrons. The number of alkyl halides is 3. The molecule has 0 fully saturated rings. The Labute approximate surface area is 135 Å². The van der Waals surface area contributed by atoms with Crippen molar-refractivity contribution in [2.75, 3.05) is 29.4 Å². The minimum absolute atomic E-state index is 0.207. The molecule has 24 heavy (non-hydrogen) atoms. The molecule has 0 spiro atoms. The van der Waals surface area contributed by atoms with Gasteiger partial charge in [0.1, 0.15) is 18.6 Å². The minimum Gasteiger partial charge on any atom is -0.502 e. The van der Waals surface area contributed by atoms with Gasteiger partial charge in [-0.25, -0.2) is 0 Å². The predicted octanol–water partition coefficient (Wildman–Crippen LogP) is 2.73. The van der Waals surface area contributed by atoms with Crippen molar-refractivity contribution in [1.82, 2.24) is 0 Å². The summed E-state index contributed by atoms with van der Waals surface area (Å²) in [4.78, 5) is 14.6. The average Bonchev–Trinajstić information content (AvgIpc) is 2.52. The molecule has 0 aliphatic carbocycles. The van der Waals surface area contributed by atoms with Gasteiger partial charge in [-0.3, -0.25) is 4.79 Å². The molecule has 0 saturated carbocycles. The average molecular weight is 340 g/mol. The summed E-state index contributed by atoms with van der Waals surface area (Å²) in [6.45, 7) is -0.213. The summed E-state index contributed by atoms with van der Waals surface area (Å²) in [6.07, 6.45) is -3.32. The topological polar surface area (TPSA) is 56.9 Å². The van der Waals surface area contributed by atoms with E-state index in [0.29, 0.717) is 23.7 Å². The third-order valence-electron chi connectivity index (χ3n) is 3.79. The van der Waals surface area contributed by atoms with Crippen molar-refractivity contribution >= 4 is 11.4 Å². The summed E-state index contributed by atoms with van der Waals surface area (Å²) in [6, 6.07) is 7.99. The Hall–Kier alpha value is -2.64. The molecular formula is C16H15F3N2O3. The van der Waals surface area contributed by atoms with E-state index in [4.69, 9.17) is 4.42 Å². The van der Waals surface area contributed by atoms with Gasteiger partial charge in [-0.05, 0) is 12.1 Å². The quantitative estimate of drug-likeness (QED) is 0.931. The van der Waals surface area contributed by atoms with Crippen LogP contribution in [0.5, 0.6) is 5.75 Å². The molecule has 8 heteroatoms. The molecular weight excluding hydrogens is 325 g/mol. The maximum absolute atomic E-state index is 12.7. The summed E-state index contributed by atoms with van der Waals surface area (Å²) in [5.74, 6) is -0.147. The maximum Gasteiger partial charge on any atom is 0.405 e. The van der Waals surface area contributed by atoms with Gasteiger partial charge in [0, 0.05) is 19.2 Å². The Morgan fingerprint density at radius 2 is 1.75 bits per heavy atom. The van der Waals surface area contributed by atoms with Crippen LogP contribution in [0.15, 0.2) is 45.8 Å². The summed E-state index contributed by atoms with van der Waals surface area (Å²) in [5.41, 5.74) is 0.575. The molecule has 1 aromatic heterocycles. The van der Waals surface area contributed by atoms with Gasteiger partial charge in [0.15, 0.2) is 5.75 Å². The van der Waals surface area contributed by atoms with Gasteiger partial charge >= 0.3 is 6.18 Å². The Morgan fingerprint density at radius 3 is 2.38 bits per heavy atom. The molecule has 1 aliphatic heterocycles. The fraction of sp³-hybridized carbons (Fsp3) is 0.312. The monoisotopic (exact) mass is 340 g/mol. The number of para-hydroxylation sites is 2. The Bertz CT molecular complexity index is 789. The van der Waals surface area contributed by atoms with Gasteiger partial charge < -0.3 is 19.3 Å². The van der Waals surface area contributed by atoms with Crippen LogP contribution in [-0.4, -0.2) is 30.9 Å². The summed E-state index contributed by atoms with van der Waals surface area (Å²) >= 11 is 0. The third-order valence-corrected chi connectivity index (χ3v) is 3.79. The van der Waals surface area contributed by atoms with E-state index in [0.717, 1.165) is 6.26 Å². The molecule has 0 amide bonds. The standard InChI is InChI=1S/C16H15F3N2O3/c17-16(18,19)10-21-6-5-20(12-3-1-2-4-13(12)21)8-11-7-14(22)15(23)9-24-11/h1-4,7,9,23H,5-6,8,10H2. The molecule has 1 N–H and O–H groups in total. The SMILES string of the molecule is O=c1cc(CN2CCN(CC(F)(F)F)c3ccccc32)occ1O. The second-order valence-electron chi connectivity index (χ2n) is 5.54. The fourth-order valence-corrected chi connectivity index (χ4v) is 2.74. The van der Waals surface area contributed by atoms with Crippen molar-refractivity contribution in [1.29, 1.82) is 0 Å². The second kappa shape index (κ2) is 6.10. The Balaban J connectivity index is 1.86. The Morgan fingerprint density at radius 1 is 1.12 bits per heavy atom. The van der Waals surface area contributed by atoms with Gasteiger partial charge in [-0.1, -0.05) is 12.1 Å². The van der Waals surface area contributed by atoms with Gasteiger partial charge in [-0.15, -0.1) is 0 Å². The zero-order valence-corrected chi connectivity index (χ0v) is 12.6. The van der Waals surface area contributed by atoms with Crippen molar-refractivity contribution in [2.24, 2.45) is 0 Å². The van der Waals surface area contributed by atoms with E-state index in [2.05, 4.69) is 0 Å². The number of aromatic hydroxyl groups is 1. The van der Waals surface area contributed by atoms with Crippen molar-refractivity contribution in [3.63, 3.8) is 0 Å². The molecule has 5 nitrogen and oxygen atoms in total. The highest BCUT2D eigenvalue weighted by Gasteiger charge is 2.34. The number of fused-ring (bicyclic) bond motifs is 1. The number of rotatable bonds is 3. The van der Waals surface area contributed by atoms with Crippen LogP contribution in [0.3, 0.4) is 0 Å². The summed E-state index contributed by atoms with van der Waals surface area (Å²) in [5, 5.41) is 9.22. The van der Waals surface area contributed by atoms with E-state index in [1.807, 2.05) is 4.90 Å². The van der Waals surface area contributed by atoms with Crippen molar-refractivity contribution in [2.45, 2.75) is 12.7 Å². The molecule has 0 saturated heterocycles. The Kier molecular flexibility index (Phi) is 4.13. The van der Waals surface area contributed by atoms with Crippen LogP contribution < -0.4 is 15.2 Å². The molecule has 0 unspecified atom stereocenters. The van der Waals surface area contributed by atoms with E-state index < -0.39 is 23.9 Å². The number of halogens is 3. The summed E-state index contributed by atoms with van der Waals surface area (Å²) in [7, 11) is 0. The van der Waals surface area contributed by atoms with Crippen LogP contribution in [0, 0.1) is 0 Å². The van der Waals surface area contributed by atoms with Crippen molar-refractivity contribution < 1.29 is 22.7 Å². The predicted molar refractivity (Wildman–Crippen MR) is 82.4 cm³/mol. The van der Waals surface area contributed by atoms with Gasteiger partial charge in [0.25, 0.3) is 0 Å². The maximum atomic E-state index is 12.7. The number of benzene rings is 1. The van der Waals surface area contributed by atoms with Crippen LogP contribution in [0.25, 0.3) is 0 Å². The van der Waals surface area contributed by atoms with Gasteiger partial charge in [0.05, 0.1) is 17.9 Å². The fourth-order valence-electron chi connectivity index (χ4n) is 2.74. The molecule has 1 aliphatic rings. The number of nitrogens with zero attached hydrogens (tertiary/aromatic N) is 2. The van der Waals surface area contributed by atoms with Gasteiger partial charge in [0.2, 0.25) is 5.43 Å².